The van der Waals surface area contributed by atoms with Crippen LogP contribution in [0, 0.1) is 10.1 Å². The Bertz CT molecular complexity index is 902. The molecule has 26 heavy (non-hydrogen) atoms. The third kappa shape index (κ3) is 4.87. The van der Waals surface area contributed by atoms with Gasteiger partial charge in [-0.3, -0.25) is 19.1 Å². The Morgan fingerprint density at radius 2 is 1.96 bits per heavy atom. The minimum Gasteiger partial charge on any atom is -0.452 e. The van der Waals surface area contributed by atoms with Gasteiger partial charge in [-0.2, -0.15) is 0 Å². The van der Waals surface area contributed by atoms with Crippen LogP contribution in [0.25, 0.3) is 0 Å². The van der Waals surface area contributed by atoms with Gasteiger partial charge in [0.2, 0.25) is 0 Å². The van der Waals surface area contributed by atoms with Crippen LogP contribution in [0.5, 0.6) is 0 Å². The summed E-state index contributed by atoms with van der Waals surface area (Å²) in [5.74, 6) is -1.59. The Morgan fingerprint density at radius 1 is 1.27 bits per heavy atom. The lowest BCUT2D eigenvalue weighted by molar-refractivity contribution is -0.383. The lowest BCUT2D eigenvalue weighted by Crippen LogP contribution is -2.22. The molecule has 1 amide bonds. The Hall–Kier alpha value is -2.78. The van der Waals surface area contributed by atoms with E-state index in [0.29, 0.717) is 0 Å². The van der Waals surface area contributed by atoms with Crippen molar-refractivity contribution < 1.29 is 23.5 Å². The van der Waals surface area contributed by atoms with Crippen molar-refractivity contribution in [3.8, 4) is 0 Å². The summed E-state index contributed by atoms with van der Waals surface area (Å²) in [7, 11) is -1.41. The van der Waals surface area contributed by atoms with Crippen LogP contribution in [0.3, 0.4) is 0 Å². The van der Waals surface area contributed by atoms with Crippen molar-refractivity contribution in [2.75, 3.05) is 18.2 Å². The first kappa shape index (κ1) is 19.5. The van der Waals surface area contributed by atoms with E-state index in [4.69, 9.17) is 16.3 Å². The van der Waals surface area contributed by atoms with Gasteiger partial charge in [0.25, 0.3) is 11.6 Å². The van der Waals surface area contributed by atoms with E-state index < -0.39 is 34.2 Å². The van der Waals surface area contributed by atoms with Gasteiger partial charge in [0.15, 0.2) is 6.61 Å². The van der Waals surface area contributed by atoms with Crippen LogP contribution in [-0.4, -0.2) is 33.9 Å². The molecule has 136 valence electrons. The summed E-state index contributed by atoms with van der Waals surface area (Å²) in [6, 6.07) is 9.89. The van der Waals surface area contributed by atoms with Crippen LogP contribution >= 0.6 is 11.6 Å². The zero-order valence-corrected chi connectivity index (χ0v) is 15.0. The molecule has 0 spiro atoms. The molecule has 1 N–H and O–H groups in total. The molecule has 0 fully saturated rings. The van der Waals surface area contributed by atoms with Gasteiger partial charge >= 0.3 is 5.97 Å². The molecule has 0 heterocycles. The molecule has 1 atom stereocenters. The highest BCUT2D eigenvalue weighted by Crippen LogP contribution is 2.27. The quantitative estimate of drug-likeness (QED) is 0.456. The van der Waals surface area contributed by atoms with Gasteiger partial charge in [-0.15, -0.1) is 0 Å². The Labute approximate surface area is 155 Å². The molecular weight excluding hydrogens is 384 g/mol. The molecular formula is C16H13ClN2O6S. The number of nitrogens with zero attached hydrogens (tertiary/aromatic N) is 1. The molecule has 0 saturated carbocycles. The number of ether oxygens (including phenoxy) is 1. The number of halogens is 1. The summed E-state index contributed by atoms with van der Waals surface area (Å²) in [4.78, 5) is 34.6. The average molecular weight is 397 g/mol. The number of hydrogen-bond donors (Lipinski definition) is 1. The molecule has 2 rings (SSSR count). The fourth-order valence-corrected chi connectivity index (χ4v) is 2.94. The van der Waals surface area contributed by atoms with Crippen LogP contribution in [-0.2, 0) is 20.3 Å². The molecule has 10 heteroatoms. The largest absolute Gasteiger partial charge is 0.452 e. The summed E-state index contributed by atoms with van der Waals surface area (Å²) in [5.41, 5.74) is -0.377. The molecule has 0 radical (unpaired) electrons. The van der Waals surface area contributed by atoms with Gasteiger partial charge in [-0.25, -0.2) is 4.79 Å². The molecule has 0 bridgehead atoms. The van der Waals surface area contributed by atoms with Gasteiger partial charge in [-0.05, 0) is 24.3 Å². The van der Waals surface area contributed by atoms with Crippen molar-refractivity contribution in [1.82, 2.24) is 0 Å². The molecule has 0 aliphatic rings. The number of nitrogens with one attached hydrogen (secondary N) is 1. The molecule has 2 aromatic carbocycles. The average Bonchev–Trinajstić information content (AvgIpc) is 2.61. The molecule has 0 aliphatic carbocycles. The highest BCUT2D eigenvalue weighted by molar-refractivity contribution is 7.84. The van der Waals surface area contributed by atoms with E-state index in [0.717, 1.165) is 6.07 Å². The van der Waals surface area contributed by atoms with Crippen molar-refractivity contribution in [2.24, 2.45) is 0 Å². The number of benzene rings is 2. The maximum absolute atomic E-state index is 12.1. The number of carbonyl (C=O) groups is 2. The standard InChI is InChI=1S/C16H13ClN2O6S/c1-26(24)14-5-3-2-4-11(14)16(21)25-9-15(20)18-12-7-6-10(17)8-13(12)19(22)23/h2-8H,9H2,1H3,(H,18,20)/t26-/m0/s1. The number of rotatable bonds is 6. The summed E-state index contributed by atoms with van der Waals surface area (Å²) in [6.45, 7) is -0.663. The fraction of sp³-hybridized carbons (Fsp3) is 0.125. The minimum atomic E-state index is -1.41. The van der Waals surface area contributed by atoms with Gasteiger partial charge in [0.05, 0.1) is 26.2 Å². The number of amides is 1. The van der Waals surface area contributed by atoms with E-state index in [1.54, 1.807) is 12.1 Å². The predicted octanol–water partition coefficient (Wildman–Crippen LogP) is 2.78. The molecule has 8 nitrogen and oxygen atoms in total. The van der Waals surface area contributed by atoms with Gasteiger partial charge in [-0.1, -0.05) is 23.7 Å². The van der Waals surface area contributed by atoms with Crippen LogP contribution in [0.4, 0.5) is 11.4 Å². The highest BCUT2D eigenvalue weighted by atomic mass is 35.5. The summed E-state index contributed by atoms with van der Waals surface area (Å²) >= 11 is 5.70. The summed E-state index contributed by atoms with van der Waals surface area (Å²) < 4.78 is 16.5. The van der Waals surface area contributed by atoms with Gasteiger partial charge in [0.1, 0.15) is 5.69 Å². The summed E-state index contributed by atoms with van der Waals surface area (Å²) in [6.07, 6.45) is 1.42. The maximum Gasteiger partial charge on any atom is 0.339 e. The van der Waals surface area contributed by atoms with E-state index >= 15 is 0 Å². The van der Waals surface area contributed by atoms with E-state index in [1.165, 1.54) is 30.5 Å². The second kappa shape index (κ2) is 8.54. The minimum absolute atomic E-state index is 0.0736. The predicted molar refractivity (Wildman–Crippen MR) is 95.8 cm³/mol. The molecule has 0 unspecified atom stereocenters. The van der Waals surface area contributed by atoms with Crippen molar-refractivity contribution in [3.63, 3.8) is 0 Å². The first-order chi connectivity index (χ1) is 12.3. The second-order valence-corrected chi connectivity index (χ2v) is 6.78. The lowest BCUT2D eigenvalue weighted by atomic mass is 10.2. The van der Waals surface area contributed by atoms with E-state index in [2.05, 4.69) is 5.32 Å². The van der Waals surface area contributed by atoms with Gasteiger partial charge in [0, 0.05) is 17.3 Å². The number of esters is 1. The van der Waals surface area contributed by atoms with Gasteiger partial charge < -0.3 is 10.1 Å². The molecule has 0 saturated heterocycles. The number of nitro benzene ring substituents is 1. The first-order valence-electron chi connectivity index (χ1n) is 7.13. The second-order valence-electron chi connectivity index (χ2n) is 4.99. The number of anilines is 1. The zero-order valence-electron chi connectivity index (χ0n) is 13.4. The third-order valence-electron chi connectivity index (χ3n) is 3.18. The van der Waals surface area contributed by atoms with E-state index in [9.17, 15) is 23.9 Å². The SMILES string of the molecule is C[S@](=O)c1ccccc1C(=O)OCC(=O)Nc1ccc(Cl)cc1[N+](=O)[O-]. The zero-order chi connectivity index (χ0) is 19.3. The van der Waals surface area contributed by atoms with Crippen LogP contribution < -0.4 is 5.32 Å². The van der Waals surface area contributed by atoms with Crippen molar-refractivity contribution in [2.45, 2.75) is 4.90 Å². The summed E-state index contributed by atoms with van der Waals surface area (Å²) in [5, 5.41) is 13.4. The fourth-order valence-electron chi connectivity index (χ4n) is 2.04. The lowest BCUT2D eigenvalue weighted by Gasteiger charge is -2.09. The van der Waals surface area contributed by atoms with Crippen molar-refractivity contribution in [3.05, 3.63) is 63.2 Å². The number of hydrogen-bond acceptors (Lipinski definition) is 6. The number of carbonyl (C=O) groups excluding carboxylic acids is 2. The van der Waals surface area contributed by atoms with E-state index in [-0.39, 0.29) is 26.9 Å². The topological polar surface area (TPSA) is 116 Å². The molecule has 0 aromatic heterocycles. The first-order valence-corrected chi connectivity index (χ1v) is 9.06. The van der Waals surface area contributed by atoms with Crippen molar-refractivity contribution >= 4 is 45.7 Å². The highest BCUT2D eigenvalue weighted by Gasteiger charge is 2.19. The van der Waals surface area contributed by atoms with Crippen molar-refractivity contribution in [1.29, 1.82) is 0 Å². The Morgan fingerprint density at radius 3 is 2.62 bits per heavy atom. The smallest absolute Gasteiger partial charge is 0.339 e. The maximum atomic E-state index is 12.1. The molecule has 2 aromatic rings. The number of nitro groups is 1. The molecule has 0 aliphatic heterocycles. The van der Waals surface area contributed by atoms with Crippen LogP contribution in [0.15, 0.2) is 47.4 Å². The van der Waals surface area contributed by atoms with Crippen LogP contribution in [0.2, 0.25) is 5.02 Å². The van der Waals surface area contributed by atoms with E-state index in [1.807, 2.05) is 0 Å². The monoisotopic (exact) mass is 396 g/mol. The normalized spacial score (nSPS) is 11.5. The van der Waals surface area contributed by atoms with Crippen LogP contribution in [0.1, 0.15) is 10.4 Å². The Balaban J connectivity index is 2.05. The third-order valence-corrected chi connectivity index (χ3v) is 4.39. The Kier molecular flexibility index (Phi) is 6.42.